The third-order valence-electron chi connectivity index (χ3n) is 4.16. The molecule has 4 rings (SSSR count). The van der Waals surface area contributed by atoms with Crippen LogP contribution in [0.15, 0.2) is 48.5 Å². The van der Waals surface area contributed by atoms with Crippen molar-refractivity contribution < 1.29 is 19.1 Å². The van der Waals surface area contributed by atoms with E-state index in [9.17, 15) is 9.59 Å². The largest absolute Gasteiger partial charge is 0.454 e. The zero-order valence-corrected chi connectivity index (χ0v) is 13.4. The number of carbonyl (C=O) groups is 2. The molecule has 3 amide bonds. The van der Waals surface area contributed by atoms with Crippen LogP contribution < -0.4 is 25.0 Å². The molecule has 1 saturated heterocycles. The number of ether oxygens (including phenoxy) is 2. The minimum Gasteiger partial charge on any atom is -0.454 e. The summed E-state index contributed by atoms with van der Waals surface area (Å²) in [4.78, 5) is 26.1. The zero-order valence-electron chi connectivity index (χ0n) is 13.4. The monoisotopic (exact) mass is 339 g/mol. The summed E-state index contributed by atoms with van der Waals surface area (Å²) in [5, 5.41) is 5.59. The van der Waals surface area contributed by atoms with E-state index in [1.54, 1.807) is 23.1 Å². The second-order valence-electron chi connectivity index (χ2n) is 5.91. The van der Waals surface area contributed by atoms with E-state index >= 15 is 0 Å². The van der Waals surface area contributed by atoms with Crippen molar-refractivity contribution in [1.82, 2.24) is 5.32 Å². The standard InChI is InChI=1S/C18H17N3O4/c22-17-9-13(10-21(17)14-4-2-1-3-5-14)20-18(23)19-12-6-7-15-16(8-12)25-11-24-15/h1-8,13H,9-11H2,(H2,19,20,23)/t13-/m1/s1. The van der Waals surface area contributed by atoms with Crippen molar-refractivity contribution in [2.24, 2.45) is 0 Å². The first kappa shape index (κ1) is 15.3. The molecule has 2 aromatic rings. The summed E-state index contributed by atoms with van der Waals surface area (Å²) in [5.74, 6) is 1.26. The van der Waals surface area contributed by atoms with Gasteiger partial charge in [0.2, 0.25) is 12.7 Å². The lowest BCUT2D eigenvalue weighted by molar-refractivity contribution is -0.117. The number of para-hydroxylation sites is 1. The molecule has 7 heteroatoms. The van der Waals surface area contributed by atoms with Gasteiger partial charge in [0.05, 0.1) is 6.04 Å². The van der Waals surface area contributed by atoms with Crippen LogP contribution in [0.4, 0.5) is 16.2 Å². The molecule has 1 fully saturated rings. The van der Waals surface area contributed by atoms with Gasteiger partial charge in [-0.2, -0.15) is 0 Å². The SMILES string of the molecule is O=C(Nc1ccc2c(c1)OCO2)N[C@@H]1CC(=O)N(c2ccccc2)C1. The maximum atomic E-state index is 12.2. The maximum Gasteiger partial charge on any atom is 0.319 e. The van der Waals surface area contributed by atoms with Crippen molar-refractivity contribution in [3.8, 4) is 11.5 Å². The normalized spacial score (nSPS) is 18.3. The van der Waals surface area contributed by atoms with Crippen molar-refractivity contribution in [3.63, 3.8) is 0 Å². The number of carbonyl (C=O) groups excluding carboxylic acids is 2. The highest BCUT2D eigenvalue weighted by molar-refractivity contribution is 5.97. The van der Waals surface area contributed by atoms with Gasteiger partial charge in [0, 0.05) is 30.4 Å². The summed E-state index contributed by atoms with van der Waals surface area (Å²) >= 11 is 0. The third kappa shape index (κ3) is 3.21. The van der Waals surface area contributed by atoms with Gasteiger partial charge in [-0.1, -0.05) is 18.2 Å². The van der Waals surface area contributed by atoms with Crippen LogP contribution in [0.2, 0.25) is 0 Å². The molecule has 0 radical (unpaired) electrons. The lowest BCUT2D eigenvalue weighted by Gasteiger charge is -2.17. The molecule has 7 nitrogen and oxygen atoms in total. The molecule has 25 heavy (non-hydrogen) atoms. The Bertz CT molecular complexity index is 809. The lowest BCUT2D eigenvalue weighted by atomic mass is 10.2. The van der Waals surface area contributed by atoms with Crippen molar-refractivity contribution >= 4 is 23.3 Å². The topological polar surface area (TPSA) is 79.9 Å². The third-order valence-corrected chi connectivity index (χ3v) is 4.16. The number of amides is 3. The molecule has 0 unspecified atom stereocenters. The van der Waals surface area contributed by atoms with Crippen LogP contribution in [-0.2, 0) is 4.79 Å². The second-order valence-corrected chi connectivity index (χ2v) is 5.91. The van der Waals surface area contributed by atoms with E-state index in [2.05, 4.69) is 10.6 Å². The Hall–Kier alpha value is -3.22. The first-order valence-electron chi connectivity index (χ1n) is 8.01. The van der Waals surface area contributed by atoms with Crippen LogP contribution in [0.1, 0.15) is 6.42 Å². The maximum absolute atomic E-state index is 12.2. The molecule has 128 valence electrons. The number of nitrogens with zero attached hydrogens (tertiary/aromatic N) is 1. The predicted molar refractivity (Wildman–Crippen MR) is 91.9 cm³/mol. The molecule has 0 aromatic heterocycles. The molecule has 2 N–H and O–H groups in total. The van der Waals surface area contributed by atoms with Crippen molar-refractivity contribution in [2.45, 2.75) is 12.5 Å². The van der Waals surface area contributed by atoms with E-state index in [1.807, 2.05) is 30.3 Å². The average Bonchev–Trinajstić information content (AvgIpc) is 3.21. The number of nitrogens with one attached hydrogen (secondary N) is 2. The fourth-order valence-corrected chi connectivity index (χ4v) is 2.99. The predicted octanol–water partition coefficient (Wildman–Crippen LogP) is 2.34. The fraction of sp³-hybridized carbons (Fsp3) is 0.222. The number of urea groups is 1. The number of hydrogen-bond acceptors (Lipinski definition) is 4. The Morgan fingerprint density at radius 3 is 2.72 bits per heavy atom. The number of benzene rings is 2. The molecule has 0 saturated carbocycles. The summed E-state index contributed by atoms with van der Waals surface area (Å²) in [6, 6.07) is 14.0. The van der Waals surface area contributed by atoms with Crippen LogP contribution >= 0.6 is 0 Å². The highest BCUT2D eigenvalue weighted by atomic mass is 16.7. The van der Waals surface area contributed by atoms with Gasteiger partial charge in [0.15, 0.2) is 11.5 Å². The summed E-state index contributed by atoms with van der Waals surface area (Å²) < 4.78 is 10.5. The highest BCUT2D eigenvalue weighted by Gasteiger charge is 2.31. The minimum absolute atomic E-state index is 0.000389. The molecular weight excluding hydrogens is 322 g/mol. The van der Waals surface area contributed by atoms with E-state index < -0.39 is 0 Å². The van der Waals surface area contributed by atoms with Crippen molar-refractivity contribution in [1.29, 1.82) is 0 Å². The van der Waals surface area contributed by atoms with E-state index in [0.29, 0.717) is 23.7 Å². The van der Waals surface area contributed by atoms with Gasteiger partial charge in [-0.05, 0) is 24.3 Å². The van der Waals surface area contributed by atoms with E-state index in [1.165, 1.54) is 0 Å². The van der Waals surface area contributed by atoms with Gasteiger partial charge in [0.25, 0.3) is 0 Å². The highest BCUT2D eigenvalue weighted by Crippen LogP contribution is 2.34. The first-order chi connectivity index (χ1) is 12.2. The second kappa shape index (κ2) is 6.35. The van der Waals surface area contributed by atoms with Gasteiger partial charge in [-0.3, -0.25) is 4.79 Å². The first-order valence-corrected chi connectivity index (χ1v) is 8.01. The van der Waals surface area contributed by atoms with E-state index in [0.717, 1.165) is 5.69 Å². The Kier molecular flexibility index (Phi) is 3.89. The van der Waals surface area contributed by atoms with Crippen LogP contribution in [0.25, 0.3) is 0 Å². The van der Waals surface area contributed by atoms with Gasteiger partial charge >= 0.3 is 6.03 Å². The Balaban J connectivity index is 1.36. The number of fused-ring (bicyclic) bond motifs is 1. The van der Waals surface area contributed by atoms with Gasteiger partial charge < -0.3 is 25.0 Å². The lowest BCUT2D eigenvalue weighted by Crippen LogP contribution is -2.39. The molecule has 2 aliphatic rings. The van der Waals surface area contributed by atoms with Gasteiger partial charge in [0.1, 0.15) is 0 Å². The molecule has 1 atom stereocenters. The summed E-state index contributed by atoms with van der Waals surface area (Å²) in [6.07, 6.45) is 0.281. The van der Waals surface area contributed by atoms with Crippen LogP contribution in [0.3, 0.4) is 0 Å². The summed E-state index contributed by atoms with van der Waals surface area (Å²) in [5.41, 5.74) is 1.44. The van der Waals surface area contributed by atoms with Crippen LogP contribution in [-0.4, -0.2) is 31.3 Å². The zero-order chi connectivity index (χ0) is 17.2. The van der Waals surface area contributed by atoms with E-state index in [-0.39, 0.29) is 31.2 Å². The van der Waals surface area contributed by atoms with Crippen LogP contribution in [0, 0.1) is 0 Å². The molecule has 0 aliphatic carbocycles. The molecule has 2 aliphatic heterocycles. The average molecular weight is 339 g/mol. The molecule has 2 aromatic carbocycles. The Morgan fingerprint density at radius 2 is 1.88 bits per heavy atom. The Morgan fingerprint density at radius 1 is 1.08 bits per heavy atom. The van der Waals surface area contributed by atoms with Crippen LogP contribution in [0.5, 0.6) is 11.5 Å². The Labute approximate surface area is 144 Å². The molecule has 2 heterocycles. The van der Waals surface area contributed by atoms with Crippen molar-refractivity contribution in [3.05, 3.63) is 48.5 Å². The molecular formula is C18H17N3O4. The molecule has 0 spiro atoms. The smallest absolute Gasteiger partial charge is 0.319 e. The van der Waals surface area contributed by atoms with Gasteiger partial charge in [-0.15, -0.1) is 0 Å². The number of hydrogen-bond donors (Lipinski definition) is 2. The number of anilines is 2. The quantitative estimate of drug-likeness (QED) is 0.899. The minimum atomic E-state index is -0.355. The summed E-state index contributed by atoms with van der Waals surface area (Å²) in [7, 11) is 0. The van der Waals surface area contributed by atoms with Gasteiger partial charge in [-0.25, -0.2) is 4.79 Å². The fourth-order valence-electron chi connectivity index (χ4n) is 2.99. The summed E-state index contributed by atoms with van der Waals surface area (Å²) in [6.45, 7) is 0.641. The molecule has 0 bridgehead atoms. The number of rotatable bonds is 3. The van der Waals surface area contributed by atoms with E-state index in [4.69, 9.17) is 9.47 Å². The van der Waals surface area contributed by atoms with Crippen molar-refractivity contribution in [2.75, 3.05) is 23.6 Å².